The lowest BCUT2D eigenvalue weighted by atomic mass is 10.2. The molecule has 128 valence electrons. The summed E-state index contributed by atoms with van der Waals surface area (Å²) in [7, 11) is 3.19. The zero-order chi connectivity index (χ0) is 17.8. The molecule has 0 aliphatic heterocycles. The van der Waals surface area contributed by atoms with Crippen molar-refractivity contribution in [3.8, 4) is 5.75 Å². The minimum absolute atomic E-state index is 0.0361. The predicted octanol–water partition coefficient (Wildman–Crippen LogP) is 3.02. The second-order valence-corrected chi connectivity index (χ2v) is 6.36. The van der Waals surface area contributed by atoms with Gasteiger partial charge in [-0.15, -0.1) is 11.3 Å². The zero-order valence-corrected chi connectivity index (χ0v) is 14.7. The van der Waals surface area contributed by atoms with Crippen molar-refractivity contribution in [2.24, 2.45) is 0 Å². The Kier molecular flexibility index (Phi) is 4.95. The van der Waals surface area contributed by atoms with Crippen LogP contribution in [0.5, 0.6) is 5.75 Å². The number of hydrogen-bond donors (Lipinski definition) is 1. The van der Waals surface area contributed by atoms with Gasteiger partial charge in [0, 0.05) is 18.3 Å². The van der Waals surface area contributed by atoms with Gasteiger partial charge < -0.3 is 15.0 Å². The number of fused-ring (bicyclic) bond motifs is 1. The average molecular weight is 355 g/mol. The second kappa shape index (κ2) is 7.31. The molecule has 2 amide bonds. The Morgan fingerprint density at radius 2 is 1.96 bits per heavy atom. The summed E-state index contributed by atoms with van der Waals surface area (Å²) in [5.74, 6) is 0.240. The molecule has 0 saturated heterocycles. The van der Waals surface area contributed by atoms with Crippen LogP contribution in [0.25, 0.3) is 10.2 Å². The van der Waals surface area contributed by atoms with Crippen LogP contribution in [0.2, 0.25) is 0 Å². The molecule has 0 saturated carbocycles. The zero-order valence-electron chi connectivity index (χ0n) is 13.9. The summed E-state index contributed by atoms with van der Waals surface area (Å²) in [5, 5.41) is 2.76. The van der Waals surface area contributed by atoms with Gasteiger partial charge in [0.15, 0.2) is 0 Å². The maximum Gasteiger partial charge on any atom is 0.254 e. The third-order valence-corrected chi connectivity index (χ3v) is 4.47. The molecule has 0 spiro atoms. The molecule has 6 nitrogen and oxygen atoms in total. The first-order chi connectivity index (χ1) is 12.1. The SMILES string of the molecule is COc1ccc(NC(=O)CN(C)C(=O)c2ccc3ncsc3c2)cc1. The first kappa shape index (κ1) is 16.9. The molecule has 7 heteroatoms. The van der Waals surface area contributed by atoms with E-state index in [1.54, 1.807) is 56.1 Å². The highest BCUT2D eigenvalue weighted by molar-refractivity contribution is 7.16. The van der Waals surface area contributed by atoms with Crippen LogP contribution in [-0.2, 0) is 4.79 Å². The van der Waals surface area contributed by atoms with Crippen molar-refractivity contribution in [3.63, 3.8) is 0 Å². The fourth-order valence-corrected chi connectivity index (χ4v) is 3.09. The lowest BCUT2D eigenvalue weighted by Gasteiger charge is -2.17. The monoisotopic (exact) mass is 355 g/mol. The van der Waals surface area contributed by atoms with Crippen molar-refractivity contribution in [1.29, 1.82) is 0 Å². The highest BCUT2D eigenvalue weighted by atomic mass is 32.1. The first-order valence-electron chi connectivity index (χ1n) is 7.59. The molecule has 0 radical (unpaired) electrons. The number of methoxy groups -OCH3 is 1. The maximum atomic E-state index is 12.5. The van der Waals surface area contributed by atoms with Crippen LogP contribution in [0.1, 0.15) is 10.4 Å². The van der Waals surface area contributed by atoms with E-state index in [-0.39, 0.29) is 18.4 Å². The van der Waals surface area contributed by atoms with Gasteiger partial charge in [0.05, 0.1) is 29.4 Å². The molecule has 0 aliphatic carbocycles. The number of thiazole rings is 1. The molecule has 1 aromatic heterocycles. The van der Waals surface area contributed by atoms with Gasteiger partial charge in [0.25, 0.3) is 5.91 Å². The summed E-state index contributed by atoms with van der Waals surface area (Å²) in [4.78, 5) is 30.2. The molecule has 3 rings (SSSR count). The van der Waals surface area contributed by atoms with Gasteiger partial charge in [-0.2, -0.15) is 0 Å². The van der Waals surface area contributed by atoms with Gasteiger partial charge in [-0.05, 0) is 42.5 Å². The third kappa shape index (κ3) is 3.95. The van der Waals surface area contributed by atoms with Crippen molar-refractivity contribution in [2.45, 2.75) is 0 Å². The molecule has 1 heterocycles. The Hall–Kier alpha value is -2.93. The largest absolute Gasteiger partial charge is 0.497 e. The van der Waals surface area contributed by atoms with E-state index in [0.29, 0.717) is 17.0 Å². The van der Waals surface area contributed by atoms with Gasteiger partial charge in [-0.1, -0.05) is 0 Å². The highest BCUT2D eigenvalue weighted by Crippen LogP contribution is 2.20. The van der Waals surface area contributed by atoms with Gasteiger partial charge in [0.1, 0.15) is 5.75 Å². The van der Waals surface area contributed by atoms with Crippen molar-refractivity contribution >= 4 is 39.1 Å². The van der Waals surface area contributed by atoms with E-state index in [2.05, 4.69) is 10.3 Å². The topological polar surface area (TPSA) is 71.5 Å². The number of anilines is 1. The number of nitrogens with zero attached hydrogens (tertiary/aromatic N) is 2. The fraction of sp³-hybridized carbons (Fsp3) is 0.167. The normalized spacial score (nSPS) is 10.5. The summed E-state index contributed by atoms with van der Waals surface area (Å²) in [5.41, 5.74) is 3.79. The number of ether oxygens (including phenoxy) is 1. The number of carbonyl (C=O) groups is 2. The van der Waals surface area contributed by atoms with Gasteiger partial charge >= 0.3 is 0 Å². The number of carbonyl (C=O) groups excluding carboxylic acids is 2. The van der Waals surface area contributed by atoms with E-state index >= 15 is 0 Å². The van der Waals surface area contributed by atoms with Crippen LogP contribution < -0.4 is 10.1 Å². The predicted molar refractivity (Wildman–Crippen MR) is 98.2 cm³/mol. The van der Waals surface area contributed by atoms with Crippen molar-refractivity contribution < 1.29 is 14.3 Å². The molecule has 2 aromatic carbocycles. The fourth-order valence-electron chi connectivity index (χ4n) is 2.37. The summed E-state index contributed by atoms with van der Waals surface area (Å²) in [6.07, 6.45) is 0. The number of likely N-dealkylation sites (N-methyl/N-ethyl adjacent to an activating group) is 1. The van der Waals surface area contributed by atoms with E-state index < -0.39 is 0 Å². The maximum absolute atomic E-state index is 12.5. The van der Waals surface area contributed by atoms with Crippen molar-refractivity contribution in [2.75, 3.05) is 26.0 Å². The Morgan fingerprint density at radius 3 is 2.68 bits per heavy atom. The Bertz CT molecular complexity index is 905. The molecule has 0 fully saturated rings. The summed E-state index contributed by atoms with van der Waals surface area (Å²) in [6, 6.07) is 12.3. The molecular weight excluding hydrogens is 338 g/mol. The molecule has 3 aromatic rings. The lowest BCUT2D eigenvalue weighted by molar-refractivity contribution is -0.116. The van der Waals surface area contributed by atoms with Crippen LogP contribution in [0.4, 0.5) is 5.69 Å². The number of aromatic nitrogens is 1. The van der Waals surface area contributed by atoms with E-state index in [1.165, 1.54) is 16.2 Å². The number of nitrogens with one attached hydrogen (secondary N) is 1. The number of rotatable bonds is 5. The summed E-state index contributed by atoms with van der Waals surface area (Å²) >= 11 is 1.48. The summed E-state index contributed by atoms with van der Waals surface area (Å²) < 4.78 is 6.02. The molecule has 0 aliphatic rings. The number of hydrogen-bond acceptors (Lipinski definition) is 5. The smallest absolute Gasteiger partial charge is 0.254 e. The van der Waals surface area contributed by atoms with E-state index in [0.717, 1.165) is 10.2 Å². The third-order valence-electron chi connectivity index (χ3n) is 3.68. The molecule has 1 N–H and O–H groups in total. The Balaban J connectivity index is 1.62. The Morgan fingerprint density at radius 1 is 1.20 bits per heavy atom. The summed E-state index contributed by atoms with van der Waals surface area (Å²) in [6.45, 7) is -0.0361. The molecular formula is C18H17N3O3S. The molecule has 0 unspecified atom stereocenters. The average Bonchev–Trinajstić information content (AvgIpc) is 3.09. The Labute approximate surface area is 149 Å². The van der Waals surface area contributed by atoms with Crippen LogP contribution in [-0.4, -0.2) is 42.4 Å². The number of amides is 2. The second-order valence-electron chi connectivity index (χ2n) is 5.47. The van der Waals surface area contributed by atoms with Gasteiger partial charge in [0.2, 0.25) is 5.91 Å². The van der Waals surface area contributed by atoms with E-state index in [1.807, 2.05) is 6.07 Å². The van der Waals surface area contributed by atoms with E-state index in [4.69, 9.17) is 4.74 Å². The van der Waals surface area contributed by atoms with Gasteiger partial charge in [-0.3, -0.25) is 9.59 Å². The highest BCUT2D eigenvalue weighted by Gasteiger charge is 2.16. The van der Waals surface area contributed by atoms with Crippen molar-refractivity contribution in [3.05, 3.63) is 53.5 Å². The minimum atomic E-state index is -0.264. The van der Waals surface area contributed by atoms with Crippen LogP contribution in [0, 0.1) is 0 Å². The standard InChI is InChI=1S/C18H17N3O3S/c1-21(10-17(22)20-13-4-6-14(24-2)7-5-13)18(23)12-3-8-15-16(9-12)25-11-19-15/h3-9,11H,10H2,1-2H3,(H,20,22). The lowest BCUT2D eigenvalue weighted by Crippen LogP contribution is -2.34. The minimum Gasteiger partial charge on any atom is -0.497 e. The molecule has 0 bridgehead atoms. The van der Waals surface area contributed by atoms with Crippen LogP contribution >= 0.6 is 11.3 Å². The van der Waals surface area contributed by atoms with Crippen LogP contribution in [0.3, 0.4) is 0 Å². The van der Waals surface area contributed by atoms with Crippen LogP contribution in [0.15, 0.2) is 48.0 Å². The molecule has 0 atom stereocenters. The van der Waals surface area contributed by atoms with Gasteiger partial charge in [-0.25, -0.2) is 4.98 Å². The first-order valence-corrected chi connectivity index (χ1v) is 8.47. The number of benzene rings is 2. The van der Waals surface area contributed by atoms with Crippen molar-refractivity contribution in [1.82, 2.24) is 9.88 Å². The van der Waals surface area contributed by atoms with E-state index in [9.17, 15) is 9.59 Å². The molecule has 25 heavy (non-hydrogen) atoms. The quantitative estimate of drug-likeness (QED) is 0.764.